The molecule has 7 nitrogen and oxygen atoms in total. The largest absolute Gasteiger partial charge is 0.383 e. The Kier molecular flexibility index (Phi) is 3.48. The lowest BCUT2D eigenvalue weighted by atomic mass is 10.2. The van der Waals surface area contributed by atoms with Crippen molar-refractivity contribution in [1.29, 1.82) is 0 Å². The molecule has 0 bridgehead atoms. The third kappa shape index (κ3) is 2.41. The Labute approximate surface area is 109 Å². The van der Waals surface area contributed by atoms with E-state index in [0.717, 1.165) is 9.80 Å². The van der Waals surface area contributed by atoms with Gasteiger partial charge in [0.05, 0.1) is 6.42 Å². The van der Waals surface area contributed by atoms with Crippen LogP contribution in [0.4, 0.5) is 0 Å². The summed E-state index contributed by atoms with van der Waals surface area (Å²) in [6.45, 7) is 1.76. The third-order valence-corrected chi connectivity index (χ3v) is 3.27. The second kappa shape index (κ2) is 4.93. The Morgan fingerprint density at radius 2 is 1.84 bits per heavy atom. The molecule has 0 aliphatic carbocycles. The highest BCUT2D eigenvalue weighted by atomic mass is 16.3. The predicted molar refractivity (Wildman–Crippen MR) is 62.4 cm³/mol. The van der Waals surface area contributed by atoms with Gasteiger partial charge in [0.15, 0.2) is 0 Å². The molecule has 2 heterocycles. The number of nitrogens with zero attached hydrogens (tertiary/aromatic N) is 2. The van der Waals surface area contributed by atoms with Crippen LogP contribution < -0.4 is 0 Å². The van der Waals surface area contributed by atoms with E-state index in [9.17, 15) is 24.3 Å². The van der Waals surface area contributed by atoms with Crippen LogP contribution in [-0.4, -0.2) is 57.2 Å². The molecule has 102 valence electrons. The second-order valence-electron chi connectivity index (χ2n) is 4.62. The highest BCUT2D eigenvalue weighted by Crippen LogP contribution is 2.16. The molecule has 4 amide bonds. The number of hydrogen-bond donors (Lipinski definition) is 1. The van der Waals surface area contributed by atoms with Crippen LogP contribution in [0.15, 0.2) is 12.2 Å². The van der Waals surface area contributed by atoms with Crippen molar-refractivity contribution in [2.75, 3.05) is 6.54 Å². The zero-order valence-electron chi connectivity index (χ0n) is 10.4. The highest BCUT2D eigenvalue weighted by molar-refractivity contribution is 6.13. The molecular formula is C12H14N2O5. The fourth-order valence-electron chi connectivity index (χ4n) is 2.19. The Morgan fingerprint density at radius 1 is 1.26 bits per heavy atom. The van der Waals surface area contributed by atoms with Crippen LogP contribution in [0.1, 0.15) is 19.8 Å². The number of likely N-dealkylation sites (tertiary alicyclic amines) is 1. The van der Waals surface area contributed by atoms with Crippen LogP contribution >= 0.6 is 0 Å². The van der Waals surface area contributed by atoms with E-state index in [1.165, 1.54) is 12.2 Å². The fraction of sp³-hybridized carbons (Fsp3) is 0.500. The number of hydrogen-bond acceptors (Lipinski definition) is 5. The molecule has 0 spiro atoms. The maximum atomic E-state index is 11.5. The molecule has 2 aliphatic rings. The van der Waals surface area contributed by atoms with Gasteiger partial charge in [-0.05, 0) is 13.3 Å². The maximum Gasteiger partial charge on any atom is 0.258 e. The van der Waals surface area contributed by atoms with Gasteiger partial charge >= 0.3 is 0 Å². The van der Waals surface area contributed by atoms with Crippen LogP contribution in [0.2, 0.25) is 0 Å². The minimum Gasteiger partial charge on any atom is -0.383 e. The average Bonchev–Trinajstić information content (AvgIpc) is 2.79. The van der Waals surface area contributed by atoms with E-state index >= 15 is 0 Å². The summed E-state index contributed by atoms with van der Waals surface area (Å²) in [6.07, 6.45) is 1.21. The summed E-state index contributed by atoms with van der Waals surface area (Å²) in [5, 5.41) is 9.26. The van der Waals surface area contributed by atoms with Crippen LogP contribution in [-0.2, 0) is 19.2 Å². The second-order valence-corrected chi connectivity index (χ2v) is 4.62. The number of imide groups is 2. The number of rotatable bonds is 4. The first-order chi connectivity index (χ1) is 8.91. The van der Waals surface area contributed by atoms with Crippen LogP contribution in [0, 0.1) is 0 Å². The van der Waals surface area contributed by atoms with Gasteiger partial charge in [-0.3, -0.25) is 29.0 Å². The average molecular weight is 266 g/mol. The maximum absolute atomic E-state index is 11.5. The molecule has 1 fully saturated rings. The van der Waals surface area contributed by atoms with Gasteiger partial charge in [-0.1, -0.05) is 0 Å². The lowest BCUT2D eigenvalue weighted by Crippen LogP contribution is -2.41. The number of amides is 4. The van der Waals surface area contributed by atoms with Gasteiger partial charge < -0.3 is 5.11 Å². The first-order valence-electron chi connectivity index (χ1n) is 5.99. The Hall–Kier alpha value is -2.02. The van der Waals surface area contributed by atoms with E-state index in [2.05, 4.69) is 0 Å². The summed E-state index contributed by atoms with van der Waals surface area (Å²) in [4.78, 5) is 47.8. The molecule has 0 saturated carbocycles. The van der Waals surface area contributed by atoms with E-state index in [1.54, 1.807) is 6.92 Å². The van der Waals surface area contributed by atoms with E-state index in [4.69, 9.17) is 0 Å². The molecule has 7 heteroatoms. The molecular weight excluding hydrogens is 252 g/mol. The number of aliphatic hydroxyl groups excluding tert-OH is 1. The minimum atomic E-state index is -1.26. The van der Waals surface area contributed by atoms with Crippen molar-refractivity contribution < 1.29 is 24.3 Å². The zero-order valence-corrected chi connectivity index (χ0v) is 10.4. The van der Waals surface area contributed by atoms with Crippen molar-refractivity contribution in [2.45, 2.75) is 31.9 Å². The van der Waals surface area contributed by atoms with Crippen LogP contribution in [0.5, 0.6) is 0 Å². The summed E-state index contributed by atoms with van der Waals surface area (Å²) < 4.78 is 0. The number of carbonyl (C=O) groups excluding carboxylic acids is 4. The highest BCUT2D eigenvalue weighted by Gasteiger charge is 2.37. The molecule has 2 rings (SSSR count). The molecule has 0 aromatic rings. The van der Waals surface area contributed by atoms with Gasteiger partial charge in [0.25, 0.3) is 17.7 Å². The minimum absolute atomic E-state index is 0.0902. The van der Waals surface area contributed by atoms with Crippen molar-refractivity contribution in [3.05, 3.63) is 12.2 Å². The van der Waals surface area contributed by atoms with Gasteiger partial charge in [0.1, 0.15) is 6.10 Å². The third-order valence-electron chi connectivity index (χ3n) is 3.27. The lowest BCUT2D eigenvalue weighted by molar-refractivity contribution is -0.141. The van der Waals surface area contributed by atoms with Gasteiger partial charge in [-0.2, -0.15) is 0 Å². The van der Waals surface area contributed by atoms with Gasteiger partial charge in [0.2, 0.25) is 5.91 Å². The monoisotopic (exact) mass is 266 g/mol. The fourth-order valence-corrected chi connectivity index (χ4v) is 2.19. The van der Waals surface area contributed by atoms with Crippen molar-refractivity contribution in [1.82, 2.24) is 9.80 Å². The van der Waals surface area contributed by atoms with Crippen molar-refractivity contribution in [3.8, 4) is 0 Å². The van der Waals surface area contributed by atoms with Crippen molar-refractivity contribution in [2.24, 2.45) is 0 Å². The number of aliphatic hydroxyl groups is 1. The Balaban J connectivity index is 1.92. The summed E-state index contributed by atoms with van der Waals surface area (Å²) in [5.74, 6) is -1.83. The first-order valence-corrected chi connectivity index (χ1v) is 5.99. The standard InChI is InChI=1S/C12H14N2O5/c1-7(14-9(16)2-3-10(14)17)4-5-13-11(18)6-8(15)12(13)19/h2-3,7-8,15H,4-6H2,1H3. The van der Waals surface area contributed by atoms with Gasteiger partial charge in [0, 0.05) is 24.7 Å². The molecule has 0 radical (unpaired) electrons. The molecule has 1 saturated heterocycles. The Bertz CT molecular complexity index is 467. The molecule has 19 heavy (non-hydrogen) atoms. The van der Waals surface area contributed by atoms with Gasteiger partial charge in [-0.25, -0.2) is 0 Å². The van der Waals surface area contributed by atoms with Crippen molar-refractivity contribution >= 4 is 23.6 Å². The summed E-state index contributed by atoms with van der Waals surface area (Å²) >= 11 is 0. The normalized spacial score (nSPS) is 24.8. The van der Waals surface area contributed by atoms with E-state index in [-0.39, 0.29) is 13.0 Å². The van der Waals surface area contributed by atoms with Crippen molar-refractivity contribution in [3.63, 3.8) is 0 Å². The van der Waals surface area contributed by atoms with E-state index in [0.29, 0.717) is 6.42 Å². The smallest absolute Gasteiger partial charge is 0.258 e. The zero-order chi connectivity index (χ0) is 14.2. The molecule has 2 unspecified atom stereocenters. The quantitative estimate of drug-likeness (QED) is 0.646. The summed E-state index contributed by atoms with van der Waals surface area (Å²) in [6, 6.07) is -0.409. The van der Waals surface area contributed by atoms with E-state index in [1.807, 2.05) is 0 Å². The molecule has 0 aromatic heterocycles. The first kappa shape index (κ1) is 13.4. The number of carbonyl (C=O) groups is 4. The molecule has 0 aromatic carbocycles. The molecule has 1 N–H and O–H groups in total. The molecule has 2 atom stereocenters. The van der Waals surface area contributed by atoms with Crippen LogP contribution in [0.3, 0.4) is 0 Å². The Morgan fingerprint density at radius 3 is 2.32 bits per heavy atom. The summed E-state index contributed by atoms with van der Waals surface area (Å²) in [7, 11) is 0. The topological polar surface area (TPSA) is 95.0 Å². The van der Waals surface area contributed by atoms with Gasteiger partial charge in [-0.15, -0.1) is 0 Å². The SMILES string of the molecule is CC(CCN1C(=O)CC(O)C1=O)N1C(=O)C=CC1=O. The lowest BCUT2D eigenvalue weighted by Gasteiger charge is -2.24. The van der Waals surface area contributed by atoms with Crippen LogP contribution in [0.25, 0.3) is 0 Å². The van der Waals surface area contributed by atoms with E-state index < -0.39 is 35.8 Å². The summed E-state index contributed by atoms with van der Waals surface area (Å²) in [5.41, 5.74) is 0. The predicted octanol–water partition coefficient (Wildman–Crippen LogP) is -1.19. The molecule has 2 aliphatic heterocycles.